The molecule has 0 unspecified atom stereocenters. The number of sulfonamides is 1. The Morgan fingerprint density at radius 1 is 0.969 bits per heavy atom. The molecular weight excluding hydrogens is 454 g/mol. The van der Waals surface area contributed by atoms with Crippen molar-refractivity contribution in [1.82, 2.24) is 15.2 Å². The lowest BCUT2D eigenvalue weighted by Gasteiger charge is -2.55. The second-order valence-electron chi connectivity index (χ2n) is 10.1. The summed E-state index contributed by atoms with van der Waals surface area (Å²) < 4.78 is 27.1. The summed E-state index contributed by atoms with van der Waals surface area (Å²) in [5.41, 5.74) is 4.62. The van der Waals surface area contributed by atoms with Crippen molar-refractivity contribution in [2.45, 2.75) is 62.0 Å². The molecule has 10 heteroatoms. The average molecular weight is 482 g/mol. The third kappa shape index (κ3) is 3.83. The first kappa shape index (κ1) is 22.1. The number of benzene rings is 1. The van der Waals surface area contributed by atoms with Gasteiger partial charge in [0.2, 0.25) is 15.9 Å². The first-order valence-corrected chi connectivity index (χ1v) is 13.0. The van der Waals surface area contributed by atoms with E-state index in [2.05, 4.69) is 10.9 Å². The number of carbonyl (C=O) groups is 2. The molecule has 4 bridgehead atoms. The largest absolute Gasteiger partial charge is 0.392 e. The molecule has 0 spiro atoms. The summed E-state index contributed by atoms with van der Waals surface area (Å²) in [7, 11) is -4.02. The fourth-order valence-corrected chi connectivity index (χ4v) is 8.52. The second kappa shape index (κ2) is 7.97. The Labute approximate surface area is 192 Å². The van der Waals surface area contributed by atoms with Gasteiger partial charge < -0.3 is 5.11 Å². The van der Waals surface area contributed by atoms with Gasteiger partial charge in [-0.05, 0) is 80.5 Å². The van der Waals surface area contributed by atoms with Crippen molar-refractivity contribution >= 4 is 33.4 Å². The Bertz CT molecular complexity index is 993. The number of hydrogen-bond acceptors (Lipinski definition) is 5. The van der Waals surface area contributed by atoms with Crippen LogP contribution in [0.15, 0.2) is 29.2 Å². The standard InChI is InChI=1S/C22H28ClN3O5S/c23-16-1-3-18(4-2-16)32(30,31)26-12-17(27)8-19(26)20(28)24-25-21(29)22-9-13-5-14(10-22)7-15(6-13)11-22/h1-4,13-15,17,19,27H,5-12H2,(H,24,28)(H,25,29)/t13?,14?,15?,17-,19+,22?/m0/s1. The van der Waals surface area contributed by atoms with Gasteiger partial charge in [-0.25, -0.2) is 8.42 Å². The van der Waals surface area contributed by atoms with Crippen LogP contribution in [0.5, 0.6) is 0 Å². The van der Waals surface area contributed by atoms with E-state index in [0.717, 1.165) is 23.6 Å². The molecule has 3 N–H and O–H groups in total. The highest BCUT2D eigenvalue weighted by molar-refractivity contribution is 7.89. The van der Waals surface area contributed by atoms with Crippen LogP contribution in [0.4, 0.5) is 0 Å². The molecule has 5 fully saturated rings. The molecule has 2 atom stereocenters. The maximum Gasteiger partial charge on any atom is 0.256 e. The summed E-state index contributed by atoms with van der Waals surface area (Å²) in [5.74, 6) is 0.959. The maximum atomic E-state index is 13.1. The van der Waals surface area contributed by atoms with E-state index in [-0.39, 0.29) is 23.8 Å². The van der Waals surface area contributed by atoms with Crippen molar-refractivity contribution in [1.29, 1.82) is 0 Å². The summed E-state index contributed by atoms with van der Waals surface area (Å²) in [4.78, 5) is 26.0. The Morgan fingerprint density at radius 3 is 2.09 bits per heavy atom. The van der Waals surface area contributed by atoms with Crippen LogP contribution in [0.25, 0.3) is 0 Å². The normalized spacial score (nSPS) is 36.2. The van der Waals surface area contributed by atoms with Gasteiger partial charge in [0, 0.05) is 18.0 Å². The minimum Gasteiger partial charge on any atom is -0.392 e. The first-order valence-electron chi connectivity index (χ1n) is 11.2. The number of halogens is 1. The summed E-state index contributed by atoms with van der Waals surface area (Å²) in [6.07, 6.45) is 5.20. The van der Waals surface area contributed by atoms with Crippen molar-refractivity contribution in [2.24, 2.45) is 23.2 Å². The fourth-order valence-electron chi connectivity index (χ4n) is 6.75. The molecule has 4 aliphatic carbocycles. The molecule has 4 saturated carbocycles. The van der Waals surface area contributed by atoms with Gasteiger partial charge in [0.25, 0.3) is 5.91 Å². The van der Waals surface area contributed by atoms with Crippen LogP contribution < -0.4 is 10.9 Å². The van der Waals surface area contributed by atoms with Crippen molar-refractivity contribution in [3.8, 4) is 0 Å². The molecule has 1 heterocycles. The van der Waals surface area contributed by atoms with Gasteiger partial charge in [-0.1, -0.05) is 11.6 Å². The maximum absolute atomic E-state index is 13.1. The number of hydrogen-bond donors (Lipinski definition) is 3. The second-order valence-corrected chi connectivity index (χ2v) is 12.4. The van der Waals surface area contributed by atoms with E-state index in [1.807, 2.05) is 0 Å². The van der Waals surface area contributed by atoms with E-state index in [4.69, 9.17) is 11.6 Å². The van der Waals surface area contributed by atoms with Crippen LogP contribution in [-0.4, -0.2) is 48.3 Å². The number of aliphatic hydroxyl groups is 1. The van der Waals surface area contributed by atoms with Gasteiger partial charge >= 0.3 is 0 Å². The highest BCUT2D eigenvalue weighted by atomic mass is 35.5. The molecule has 174 valence electrons. The van der Waals surface area contributed by atoms with Gasteiger partial charge in [-0.3, -0.25) is 20.4 Å². The number of nitrogens with zero attached hydrogens (tertiary/aromatic N) is 1. The van der Waals surface area contributed by atoms with Gasteiger partial charge in [0.15, 0.2) is 0 Å². The molecule has 0 radical (unpaired) electrons. The number of β-amino-alcohol motifs (C(OH)–C–C–N with tert-alkyl or cyclic N) is 1. The molecule has 0 aromatic heterocycles. The Balaban J connectivity index is 1.27. The lowest BCUT2D eigenvalue weighted by atomic mass is 9.49. The van der Waals surface area contributed by atoms with Crippen molar-refractivity contribution in [3.63, 3.8) is 0 Å². The van der Waals surface area contributed by atoms with E-state index in [1.165, 1.54) is 43.5 Å². The molecule has 1 aromatic carbocycles. The molecular formula is C22H28ClN3O5S. The minimum atomic E-state index is -4.02. The van der Waals surface area contributed by atoms with E-state index >= 15 is 0 Å². The molecule has 1 aliphatic heterocycles. The lowest BCUT2D eigenvalue weighted by molar-refractivity contribution is -0.149. The Kier molecular flexibility index (Phi) is 5.51. The van der Waals surface area contributed by atoms with Crippen molar-refractivity contribution < 1.29 is 23.1 Å². The van der Waals surface area contributed by atoms with Gasteiger partial charge in [-0.15, -0.1) is 0 Å². The summed E-state index contributed by atoms with van der Waals surface area (Å²) in [5, 5.41) is 10.5. The van der Waals surface area contributed by atoms with Gasteiger partial charge in [0.05, 0.1) is 16.4 Å². The number of rotatable bonds is 4. The fraction of sp³-hybridized carbons (Fsp3) is 0.636. The van der Waals surface area contributed by atoms with Crippen LogP contribution in [-0.2, 0) is 19.6 Å². The predicted molar refractivity (Wildman–Crippen MR) is 117 cm³/mol. The predicted octanol–water partition coefficient (Wildman–Crippen LogP) is 1.83. The van der Waals surface area contributed by atoms with Gasteiger partial charge in [-0.2, -0.15) is 4.31 Å². The van der Waals surface area contributed by atoms with Gasteiger partial charge in [0.1, 0.15) is 6.04 Å². The van der Waals surface area contributed by atoms with E-state index in [1.54, 1.807) is 0 Å². The molecule has 1 aromatic rings. The highest BCUT2D eigenvalue weighted by Gasteiger charge is 2.55. The number of carbonyl (C=O) groups excluding carboxylic acids is 2. The summed E-state index contributed by atoms with van der Waals surface area (Å²) in [6.45, 7) is -0.189. The molecule has 2 amide bonds. The topological polar surface area (TPSA) is 116 Å². The third-order valence-corrected chi connectivity index (χ3v) is 9.92. The van der Waals surface area contributed by atoms with E-state index in [9.17, 15) is 23.1 Å². The average Bonchev–Trinajstić information content (AvgIpc) is 3.14. The zero-order valence-electron chi connectivity index (χ0n) is 17.7. The smallest absolute Gasteiger partial charge is 0.256 e. The molecule has 1 saturated heterocycles. The lowest BCUT2D eigenvalue weighted by Crippen LogP contribution is -2.58. The van der Waals surface area contributed by atoms with Crippen LogP contribution >= 0.6 is 11.6 Å². The summed E-state index contributed by atoms with van der Waals surface area (Å²) >= 11 is 5.85. The monoisotopic (exact) mass is 481 g/mol. The quantitative estimate of drug-likeness (QED) is 0.567. The minimum absolute atomic E-state index is 0.00796. The third-order valence-electron chi connectivity index (χ3n) is 7.78. The zero-order valence-corrected chi connectivity index (χ0v) is 19.2. The van der Waals surface area contributed by atoms with E-state index in [0.29, 0.717) is 22.8 Å². The Hall–Kier alpha value is -1.68. The molecule has 8 nitrogen and oxygen atoms in total. The molecule has 5 aliphatic rings. The first-order chi connectivity index (χ1) is 15.2. The van der Waals surface area contributed by atoms with Crippen molar-refractivity contribution in [3.05, 3.63) is 29.3 Å². The number of aliphatic hydroxyl groups excluding tert-OH is 1. The van der Waals surface area contributed by atoms with Crippen LogP contribution in [0.2, 0.25) is 5.02 Å². The van der Waals surface area contributed by atoms with Crippen LogP contribution in [0, 0.1) is 23.2 Å². The van der Waals surface area contributed by atoms with E-state index < -0.39 is 33.5 Å². The molecule has 32 heavy (non-hydrogen) atoms. The number of nitrogens with one attached hydrogen (secondary N) is 2. The molecule has 6 rings (SSSR count). The van der Waals surface area contributed by atoms with Crippen LogP contribution in [0.3, 0.4) is 0 Å². The number of amides is 2. The Morgan fingerprint density at radius 2 is 1.53 bits per heavy atom. The SMILES string of the molecule is O=C(NNC(=O)C12CC3CC(CC(C3)C1)C2)[C@H]1C[C@H](O)CN1S(=O)(=O)c1ccc(Cl)cc1. The number of hydrazine groups is 1. The van der Waals surface area contributed by atoms with Crippen molar-refractivity contribution in [2.75, 3.05) is 6.54 Å². The highest BCUT2D eigenvalue weighted by Crippen LogP contribution is 2.60. The summed E-state index contributed by atoms with van der Waals surface area (Å²) in [6, 6.07) is 4.55. The van der Waals surface area contributed by atoms with Crippen LogP contribution in [0.1, 0.15) is 44.9 Å². The zero-order chi connectivity index (χ0) is 22.7.